The fourth-order valence-corrected chi connectivity index (χ4v) is 9.65. The lowest BCUT2D eigenvalue weighted by molar-refractivity contribution is -0.0567. The first kappa shape index (κ1) is 42.2. The summed E-state index contributed by atoms with van der Waals surface area (Å²) < 4.78 is 61.1. The maximum absolute atomic E-state index is 14.4. The Kier molecular flexibility index (Phi) is 11.1. The second-order valence-electron chi connectivity index (χ2n) is 17.1. The van der Waals surface area contributed by atoms with Crippen molar-refractivity contribution >= 4 is 26.8 Å². The summed E-state index contributed by atoms with van der Waals surface area (Å²) in [7, 11) is -9.73. The third kappa shape index (κ3) is 7.46. The van der Waals surface area contributed by atoms with Crippen molar-refractivity contribution in [2.24, 2.45) is 5.73 Å². The summed E-state index contributed by atoms with van der Waals surface area (Å²) >= 11 is 0. The smallest absolute Gasteiger partial charge is 0.334 e. The van der Waals surface area contributed by atoms with Gasteiger partial charge in [-0.2, -0.15) is 8.42 Å². The van der Waals surface area contributed by atoms with Crippen molar-refractivity contribution < 1.29 is 41.1 Å². The van der Waals surface area contributed by atoms with Crippen LogP contribution in [0.4, 0.5) is 0 Å². The van der Waals surface area contributed by atoms with Crippen molar-refractivity contribution in [3.63, 3.8) is 0 Å². The van der Waals surface area contributed by atoms with E-state index in [9.17, 15) is 37.8 Å². The fourth-order valence-electron chi connectivity index (χ4n) is 6.14. The fraction of sp³-hybridized carbons (Fsp3) is 0.697. The van der Waals surface area contributed by atoms with Crippen molar-refractivity contribution in [2.45, 2.75) is 133 Å². The Morgan fingerprint density at radius 3 is 1.93 bits per heavy atom. The van der Waals surface area contributed by atoms with Crippen LogP contribution in [0.2, 0.25) is 36.3 Å². The van der Waals surface area contributed by atoms with Crippen LogP contribution in [-0.4, -0.2) is 96.8 Å². The summed E-state index contributed by atoms with van der Waals surface area (Å²) in [6, 6.07) is 2.09. The molecule has 21 heteroatoms. The third-order valence-corrected chi connectivity index (χ3v) is 21.5. The van der Waals surface area contributed by atoms with Gasteiger partial charge < -0.3 is 34.3 Å². The quantitative estimate of drug-likeness (QED) is 0.221. The highest BCUT2D eigenvalue weighted by atomic mass is 32.2. The standard InChI is InChI=1S/C33H53N5O13SSi2/c1-31(2,3)53(7,8)47-17-23-33(22(34)18-52(45,46)51-33)27(50-54(9,10)32(4,5)6)28(49-23)36-14-12-25(42)38(30(36)44)19-37-24(41)11-13-35(29(37)43)26-15-20(40)21(16-39)48-26/h11-14,18,20-21,23,26-28,39-40H,15-17,19,34H2,1-10H3/t20-,21+,23?,26+,27-,28+,33?/m0/s1. The number of hydrogen-bond donors (Lipinski definition) is 3. The van der Waals surface area contributed by atoms with Gasteiger partial charge in [0.25, 0.3) is 21.2 Å². The zero-order valence-electron chi connectivity index (χ0n) is 32.3. The van der Waals surface area contributed by atoms with Gasteiger partial charge in [0, 0.05) is 30.9 Å². The molecule has 2 unspecified atom stereocenters. The second kappa shape index (κ2) is 14.2. The molecule has 5 heterocycles. The lowest BCUT2D eigenvalue weighted by atomic mass is 9.89. The zero-order valence-corrected chi connectivity index (χ0v) is 35.2. The number of aliphatic hydroxyl groups is 2. The number of aliphatic hydroxyl groups excluding tert-OH is 2. The highest BCUT2D eigenvalue weighted by Gasteiger charge is 2.67. The highest BCUT2D eigenvalue weighted by molar-refractivity contribution is 7.90. The molecule has 2 aromatic heterocycles. The van der Waals surface area contributed by atoms with E-state index >= 15 is 0 Å². The molecular formula is C33H53N5O13SSi2. The van der Waals surface area contributed by atoms with Gasteiger partial charge in [-0.15, -0.1) is 0 Å². The number of aromatic nitrogens is 4. The minimum atomic E-state index is -4.36. The molecule has 2 aromatic rings. The van der Waals surface area contributed by atoms with Crippen molar-refractivity contribution in [1.29, 1.82) is 0 Å². The average Bonchev–Trinajstić information content (AvgIpc) is 3.63. The zero-order chi connectivity index (χ0) is 40.6. The van der Waals surface area contributed by atoms with E-state index in [0.717, 1.165) is 32.9 Å². The Hall–Kier alpha value is -3.00. The van der Waals surface area contributed by atoms with E-state index in [-0.39, 0.29) is 23.8 Å². The topological polar surface area (TPSA) is 235 Å². The van der Waals surface area contributed by atoms with Gasteiger partial charge in [0.2, 0.25) is 0 Å². The Labute approximate surface area is 315 Å². The lowest BCUT2D eigenvalue weighted by Gasteiger charge is -2.43. The predicted octanol–water partition coefficient (Wildman–Crippen LogP) is 0.688. The van der Waals surface area contributed by atoms with E-state index in [1.165, 1.54) is 6.20 Å². The van der Waals surface area contributed by atoms with Gasteiger partial charge in [-0.1, -0.05) is 41.5 Å². The summed E-state index contributed by atoms with van der Waals surface area (Å²) in [4.78, 5) is 54.4. The first-order valence-corrected chi connectivity index (χ1v) is 24.9. The molecule has 18 nitrogen and oxygen atoms in total. The minimum Gasteiger partial charge on any atom is -0.414 e. The van der Waals surface area contributed by atoms with E-state index in [1.54, 1.807) is 0 Å². The molecule has 4 N–H and O–H groups in total. The second-order valence-corrected chi connectivity index (χ2v) is 28.1. The number of rotatable bonds is 10. The molecule has 0 amide bonds. The van der Waals surface area contributed by atoms with Gasteiger partial charge in [-0.05, 0) is 36.3 Å². The van der Waals surface area contributed by atoms with E-state index < -0.39 is 110 Å². The number of ether oxygens (including phenoxy) is 2. The van der Waals surface area contributed by atoms with Crippen LogP contribution in [0, 0.1) is 0 Å². The maximum Gasteiger partial charge on any atom is 0.334 e. The first-order chi connectivity index (χ1) is 24.7. The van der Waals surface area contributed by atoms with E-state index in [2.05, 4.69) is 0 Å². The normalized spacial score (nSPS) is 28.9. The number of nitrogens with two attached hydrogens (primary N) is 1. The molecule has 2 fully saturated rings. The molecule has 0 saturated carbocycles. The monoisotopic (exact) mass is 815 g/mol. The van der Waals surface area contributed by atoms with Crippen LogP contribution in [0.25, 0.3) is 0 Å². The molecule has 3 aliphatic rings. The minimum absolute atomic E-state index is 0.0620. The number of nitrogens with zero attached hydrogens (tertiary/aromatic N) is 4. The van der Waals surface area contributed by atoms with Gasteiger partial charge in [-0.3, -0.25) is 18.7 Å². The highest BCUT2D eigenvalue weighted by Crippen LogP contribution is 2.52. The van der Waals surface area contributed by atoms with Gasteiger partial charge in [-0.25, -0.2) is 22.9 Å². The Morgan fingerprint density at radius 2 is 1.44 bits per heavy atom. The van der Waals surface area contributed by atoms with Crippen molar-refractivity contribution in [1.82, 2.24) is 18.3 Å². The molecule has 2 saturated heterocycles. The summed E-state index contributed by atoms with van der Waals surface area (Å²) in [5.41, 5.74) is 0.700. The molecule has 3 aliphatic heterocycles. The molecule has 0 bridgehead atoms. The number of hydrogen-bond acceptors (Lipinski definition) is 14. The predicted molar refractivity (Wildman–Crippen MR) is 201 cm³/mol. The molecule has 0 aliphatic carbocycles. The Morgan fingerprint density at radius 1 is 0.907 bits per heavy atom. The molecule has 5 rings (SSSR count). The molecule has 54 heavy (non-hydrogen) atoms. The Balaban J connectivity index is 1.64. The van der Waals surface area contributed by atoms with Crippen LogP contribution in [0.5, 0.6) is 0 Å². The largest absolute Gasteiger partial charge is 0.414 e. The van der Waals surface area contributed by atoms with Crippen LogP contribution < -0.4 is 28.2 Å². The van der Waals surface area contributed by atoms with Crippen LogP contribution >= 0.6 is 0 Å². The Bertz CT molecular complexity index is 2150. The molecule has 1 spiro atoms. The molecule has 0 radical (unpaired) electrons. The van der Waals surface area contributed by atoms with Crippen LogP contribution in [-0.2, 0) is 39.3 Å². The summed E-state index contributed by atoms with van der Waals surface area (Å²) in [6.45, 7) is 18.4. The summed E-state index contributed by atoms with van der Waals surface area (Å²) in [6.07, 6.45) is -4.84. The van der Waals surface area contributed by atoms with E-state index in [1.807, 2.05) is 67.7 Å². The molecule has 302 valence electrons. The van der Waals surface area contributed by atoms with Gasteiger partial charge in [0.1, 0.15) is 31.2 Å². The van der Waals surface area contributed by atoms with Crippen molar-refractivity contribution in [3.8, 4) is 0 Å². The summed E-state index contributed by atoms with van der Waals surface area (Å²) in [5.74, 6) is 0. The maximum atomic E-state index is 14.4. The van der Waals surface area contributed by atoms with Crippen LogP contribution in [0.1, 0.15) is 60.4 Å². The SMILES string of the molecule is CC(C)(C)[Si](C)(C)OCC1O[C@@H](n2ccc(=O)n(Cn3c(=O)ccn([C@H]4C[C@H](O)[C@@H](CO)O4)c3=O)c2=O)[C@H](O[Si](C)(C)C(C)(C)C)C12OS(=O)(=O)C=C2N. The van der Waals surface area contributed by atoms with E-state index in [4.69, 9.17) is 28.2 Å². The van der Waals surface area contributed by atoms with Crippen molar-refractivity contribution in [3.05, 3.63) is 77.3 Å². The average molecular weight is 816 g/mol. The molecule has 0 aromatic carbocycles. The van der Waals surface area contributed by atoms with E-state index in [0.29, 0.717) is 9.13 Å². The van der Waals surface area contributed by atoms with Gasteiger partial charge >= 0.3 is 11.4 Å². The lowest BCUT2D eigenvalue weighted by Crippen LogP contribution is -2.59. The van der Waals surface area contributed by atoms with Gasteiger partial charge in [0.05, 0.1) is 30.4 Å². The molecular weight excluding hydrogens is 763 g/mol. The molecule has 7 atom stereocenters. The summed E-state index contributed by atoms with van der Waals surface area (Å²) in [5, 5.41) is 19.9. The van der Waals surface area contributed by atoms with Crippen molar-refractivity contribution in [2.75, 3.05) is 13.2 Å². The third-order valence-electron chi connectivity index (χ3n) is 11.5. The van der Waals surface area contributed by atoms with Gasteiger partial charge in [0.15, 0.2) is 28.5 Å². The first-order valence-electron chi connectivity index (χ1n) is 17.7. The van der Waals surface area contributed by atoms with Crippen LogP contribution in [0.3, 0.4) is 0 Å². The van der Waals surface area contributed by atoms with Crippen LogP contribution in [0.15, 0.2) is 54.8 Å².